The highest BCUT2D eigenvalue weighted by Crippen LogP contribution is 2.43. The normalized spacial score (nSPS) is 32.4. The largest absolute Gasteiger partial charge is 0.504 e. The quantitative estimate of drug-likeness (QED) is 0.163. The molecule has 3 heterocycles. The molecule has 5 rings (SSSR count). The van der Waals surface area contributed by atoms with E-state index in [0.717, 1.165) is 0 Å². The number of hydrogen-bond donors (Lipinski definition) is 7. The first kappa shape index (κ1) is 31.9. The van der Waals surface area contributed by atoms with Crippen molar-refractivity contribution < 1.29 is 68.6 Å². The highest BCUT2D eigenvalue weighted by molar-refractivity contribution is 5.89. The van der Waals surface area contributed by atoms with Gasteiger partial charge in [-0.15, -0.1) is 0 Å². The van der Waals surface area contributed by atoms with E-state index in [9.17, 15) is 40.5 Å². The van der Waals surface area contributed by atoms with Crippen molar-refractivity contribution in [1.29, 1.82) is 0 Å². The minimum atomic E-state index is -1.81. The van der Waals surface area contributed by atoms with Gasteiger partial charge in [0, 0.05) is 17.7 Å². The summed E-state index contributed by atoms with van der Waals surface area (Å²) >= 11 is 0. The van der Waals surface area contributed by atoms with Crippen molar-refractivity contribution in [3.8, 4) is 34.3 Å². The van der Waals surface area contributed by atoms with Gasteiger partial charge in [0.15, 0.2) is 23.2 Å². The molecule has 0 bridgehead atoms. The predicted octanol–water partition coefficient (Wildman–Crippen LogP) is -0.787. The van der Waals surface area contributed by atoms with Crippen molar-refractivity contribution in [3.63, 3.8) is 0 Å². The van der Waals surface area contributed by atoms with Crippen LogP contribution < -0.4 is 19.6 Å². The maximum absolute atomic E-state index is 13.0. The molecule has 2 fully saturated rings. The maximum Gasteiger partial charge on any atom is 0.229 e. The number of hydrogen-bond acceptors (Lipinski definition) is 15. The van der Waals surface area contributed by atoms with Crippen LogP contribution in [0.2, 0.25) is 0 Å². The van der Waals surface area contributed by atoms with Crippen LogP contribution >= 0.6 is 0 Å². The number of fused-ring (bicyclic) bond motifs is 1. The Morgan fingerprint density at radius 2 is 1.45 bits per heavy atom. The molecule has 2 saturated heterocycles. The van der Waals surface area contributed by atoms with Crippen molar-refractivity contribution in [3.05, 3.63) is 46.6 Å². The van der Waals surface area contributed by atoms with Gasteiger partial charge in [-0.05, 0) is 31.2 Å². The minimum Gasteiger partial charge on any atom is -0.504 e. The summed E-state index contributed by atoms with van der Waals surface area (Å²) in [5.74, 6) is -0.391. The molecule has 15 nitrogen and oxygen atoms in total. The number of rotatable bonds is 8. The molecule has 0 saturated carbocycles. The van der Waals surface area contributed by atoms with Gasteiger partial charge in [-0.1, -0.05) is 0 Å². The first-order valence-electron chi connectivity index (χ1n) is 13.6. The summed E-state index contributed by atoms with van der Waals surface area (Å²) in [5.41, 5.74) is -0.138. The summed E-state index contributed by atoms with van der Waals surface area (Å²) < 4.78 is 38.7. The molecule has 2 aliphatic rings. The Bertz CT molecular complexity index is 1510. The number of methoxy groups -OCH3 is 2. The van der Waals surface area contributed by atoms with Crippen molar-refractivity contribution in [2.24, 2.45) is 0 Å². The second-order valence-corrected chi connectivity index (χ2v) is 10.5. The second-order valence-electron chi connectivity index (χ2n) is 10.5. The number of aliphatic hydroxyl groups excluding tert-OH is 6. The molecule has 7 N–H and O–H groups in total. The highest BCUT2D eigenvalue weighted by Gasteiger charge is 2.47. The number of phenolic OH excluding ortho intramolecular Hbond substituents is 1. The summed E-state index contributed by atoms with van der Waals surface area (Å²) in [6.07, 6.45) is -15.2. The summed E-state index contributed by atoms with van der Waals surface area (Å²) in [6.45, 7) is 0.947. The Kier molecular flexibility index (Phi) is 9.31. The average molecular weight is 623 g/mol. The van der Waals surface area contributed by atoms with Crippen LogP contribution in [0, 0.1) is 0 Å². The fraction of sp³-hybridized carbons (Fsp3) is 0.483. The smallest absolute Gasteiger partial charge is 0.229 e. The van der Waals surface area contributed by atoms with Gasteiger partial charge in [0.05, 0.1) is 26.9 Å². The molecule has 1 aromatic heterocycles. The van der Waals surface area contributed by atoms with E-state index in [1.54, 1.807) is 24.3 Å². The van der Waals surface area contributed by atoms with Crippen LogP contribution in [-0.4, -0.2) is 118 Å². The average Bonchev–Trinajstić information content (AvgIpc) is 3.01. The van der Waals surface area contributed by atoms with Crippen LogP contribution in [0.25, 0.3) is 22.3 Å². The zero-order chi connectivity index (χ0) is 31.9. The zero-order valence-corrected chi connectivity index (χ0v) is 23.8. The molecule has 15 heteroatoms. The Labute approximate surface area is 249 Å². The van der Waals surface area contributed by atoms with Gasteiger partial charge in [0.1, 0.15) is 65.2 Å². The molecule has 3 aromatic rings. The van der Waals surface area contributed by atoms with Gasteiger partial charge in [-0.25, -0.2) is 0 Å². The van der Waals surface area contributed by atoms with Crippen LogP contribution in [0.3, 0.4) is 0 Å². The Morgan fingerprint density at radius 3 is 2.11 bits per heavy atom. The maximum atomic E-state index is 13.0. The fourth-order valence-corrected chi connectivity index (χ4v) is 5.06. The van der Waals surface area contributed by atoms with E-state index < -0.39 is 79.2 Å². The summed E-state index contributed by atoms with van der Waals surface area (Å²) in [7, 11) is 2.72. The van der Waals surface area contributed by atoms with Gasteiger partial charge in [-0.3, -0.25) is 4.79 Å². The third kappa shape index (κ3) is 5.93. The van der Waals surface area contributed by atoms with Gasteiger partial charge >= 0.3 is 0 Å². The monoisotopic (exact) mass is 622 g/mol. The summed E-state index contributed by atoms with van der Waals surface area (Å²) in [6, 6.07) is 9.13. The molecular formula is C29H34O15. The van der Waals surface area contributed by atoms with Gasteiger partial charge < -0.3 is 68.6 Å². The molecule has 44 heavy (non-hydrogen) atoms. The van der Waals surface area contributed by atoms with Crippen molar-refractivity contribution in [2.75, 3.05) is 20.8 Å². The van der Waals surface area contributed by atoms with E-state index in [-0.39, 0.29) is 28.2 Å². The Hall–Kier alpha value is -3.51. The van der Waals surface area contributed by atoms with Crippen LogP contribution in [0.4, 0.5) is 0 Å². The first-order valence-corrected chi connectivity index (χ1v) is 13.6. The lowest BCUT2D eigenvalue weighted by atomic mass is 9.98. The van der Waals surface area contributed by atoms with Gasteiger partial charge in [0.25, 0.3) is 0 Å². The molecule has 0 aliphatic carbocycles. The fourth-order valence-electron chi connectivity index (χ4n) is 5.06. The van der Waals surface area contributed by atoms with Crippen molar-refractivity contribution in [2.45, 2.75) is 68.3 Å². The van der Waals surface area contributed by atoms with E-state index in [0.29, 0.717) is 11.3 Å². The number of phenols is 1. The molecule has 2 aromatic carbocycles. The van der Waals surface area contributed by atoms with E-state index in [1.807, 2.05) is 0 Å². The lowest BCUT2D eigenvalue weighted by Crippen LogP contribution is -2.61. The molecule has 0 spiro atoms. The lowest BCUT2D eigenvalue weighted by molar-refractivity contribution is -0.318. The molecule has 0 radical (unpaired) electrons. The van der Waals surface area contributed by atoms with Crippen molar-refractivity contribution in [1.82, 2.24) is 0 Å². The molecule has 0 amide bonds. The van der Waals surface area contributed by atoms with E-state index in [1.165, 1.54) is 33.3 Å². The van der Waals surface area contributed by atoms with Crippen LogP contribution in [0.1, 0.15) is 6.92 Å². The lowest BCUT2D eigenvalue weighted by Gasteiger charge is -2.42. The highest BCUT2D eigenvalue weighted by atomic mass is 16.7. The van der Waals surface area contributed by atoms with Crippen LogP contribution in [0.15, 0.2) is 45.6 Å². The first-order chi connectivity index (χ1) is 20.9. The Morgan fingerprint density at radius 1 is 0.795 bits per heavy atom. The number of aliphatic hydroxyl groups is 6. The standard InChI is InChI=1S/C29H34O15/c1-11-20(31)23(34)25(36)28(41-11)40-10-18-21(32)24(35)26(37)29(44-18)43-17-9-16-19(22(33)27(17)39-3)14(30)8-15(42-16)12-4-6-13(38-2)7-5-12/h4-9,11,18,20-21,23-26,28-29,31-37H,10H2,1-3H3/t11-,18+,20-,21-,23+,24-,25+,26+,28+,29+/m0/s1. The van der Waals surface area contributed by atoms with E-state index in [4.69, 9.17) is 32.8 Å². The SMILES string of the molecule is COc1ccc(-c2cc(=O)c3c(O)c(OC)c(O[C@@H]4O[C@H](CO[C@@H]5O[C@@H](C)[C@H](O)[C@@H](O)[C@H]5O)[C@H](O)[C@H](O)[C@H]4O)cc3o2)cc1. The molecule has 240 valence electrons. The summed E-state index contributed by atoms with van der Waals surface area (Å²) in [4.78, 5) is 13.0. The Balaban J connectivity index is 1.41. The third-order valence-corrected chi connectivity index (χ3v) is 7.64. The minimum absolute atomic E-state index is 0.0966. The third-order valence-electron chi connectivity index (χ3n) is 7.64. The second kappa shape index (κ2) is 12.8. The number of aromatic hydroxyl groups is 1. The van der Waals surface area contributed by atoms with E-state index >= 15 is 0 Å². The van der Waals surface area contributed by atoms with Crippen LogP contribution in [-0.2, 0) is 14.2 Å². The molecular weight excluding hydrogens is 588 g/mol. The van der Waals surface area contributed by atoms with Crippen LogP contribution in [0.5, 0.6) is 23.0 Å². The zero-order valence-electron chi connectivity index (χ0n) is 23.8. The van der Waals surface area contributed by atoms with E-state index in [2.05, 4.69) is 0 Å². The summed E-state index contributed by atoms with van der Waals surface area (Å²) in [5, 5.41) is 72.6. The van der Waals surface area contributed by atoms with Gasteiger partial charge in [0.2, 0.25) is 12.0 Å². The van der Waals surface area contributed by atoms with Crippen molar-refractivity contribution >= 4 is 11.0 Å². The van der Waals surface area contributed by atoms with Gasteiger partial charge in [-0.2, -0.15) is 0 Å². The molecule has 10 atom stereocenters. The topological polar surface area (TPSA) is 227 Å². The molecule has 0 unspecified atom stereocenters. The molecule has 2 aliphatic heterocycles. The number of ether oxygens (including phenoxy) is 6. The predicted molar refractivity (Wildman–Crippen MR) is 148 cm³/mol. The number of benzene rings is 2.